The normalized spacial score (nSPS) is 9.88. The summed E-state index contributed by atoms with van der Waals surface area (Å²) in [4.78, 5) is 10.3. The summed E-state index contributed by atoms with van der Waals surface area (Å²) in [6.07, 6.45) is 0. The van der Waals surface area contributed by atoms with E-state index in [0.29, 0.717) is 10.2 Å². The highest BCUT2D eigenvalue weighted by Gasteiger charge is 2.17. The van der Waals surface area contributed by atoms with Gasteiger partial charge in [-0.2, -0.15) is 12.6 Å². The third-order valence-electron chi connectivity index (χ3n) is 1.79. The summed E-state index contributed by atoms with van der Waals surface area (Å²) in [5.41, 5.74) is 0.690. The average Bonchev–Trinajstić information content (AvgIpc) is 2.26. The lowest BCUT2D eigenvalue weighted by Gasteiger charge is -2.08. The molecule has 0 atom stereocenters. The average molecular weight is 304 g/mol. The highest BCUT2D eigenvalue weighted by atomic mass is 79.9. The van der Waals surface area contributed by atoms with Crippen LogP contribution in [0.15, 0.2) is 34.8 Å². The molecule has 6 heteroatoms. The fraction of sp³-hybridized carbons (Fsp3) is 0.200. The minimum Gasteiger partial charge on any atom is -0.481 e. The lowest BCUT2D eigenvalue weighted by atomic mass is 10.3. The van der Waals surface area contributed by atoms with Crippen molar-refractivity contribution in [1.29, 1.82) is 0 Å². The summed E-state index contributed by atoms with van der Waals surface area (Å²) in [5, 5.41) is 10.8. The highest BCUT2D eigenvalue weighted by Crippen LogP contribution is 2.34. The standard InChI is InChI=1S/C10H10BrNO3S/c1-7(6-16)5-15-10-8(11)3-2-4-9(10)12(13)14/h2-4,16H,1,5-6H2. The van der Waals surface area contributed by atoms with Crippen LogP contribution in [0.25, 0.3) is 0 Å². The van der Waals surface area contributed by atoms with Gasteiger partial charge in [0.2, 0.25) is 5.75 Å². The zero-order valence-electron chi connectivity index (χ0n) is 8.35. The Labute approximate surface area is 107 Å². The second-order valence-corrected chi connectivity index (χ2v) is 4.21. The van der Waals surface area contributed by atoms with Gasteiger partial charge in [-0.05, 0) is 27.6 Å². The van der Waals surface area contributed by atoms with E-state index in [0.717, 1.165) is 5.57 Å². The first-order chi connectivity index (χ1) is 7.56. The van der Waals surface area contributed by atoms with Crippen molar-refractivity contribution in [2.45, 2.75) is 0 Å². The molecule has 4 nitrogen and oxygen atoms in total. The van der Waals surface area contributed by atoms with Gasteiger partial charge in [-0.25, -0.2) is 0 Å². The maximum atomic E-state index is 10.8. The van der Waals surface area contributed by atoms with E-state index in [2.05, 4.69) is 35.1 Å². The van der Waals surface area contributed by atoms with Crippen LogP contribution in [0.4, 0.5) is 5.69 Å². The first-order valence-corrected chi connectivity index (χ1v) is 5.82. The number of nitrogens with zero attached hydrogens (tertiary/aromatic N) is 1. The number of para-hydroxylation sites is 1. The summed E-state index contributed by atoms with van der Waals surface area (Å²) in [5.74, 6) is 0.702. The minimum absolute atomic E-state index is 0.0682. The van der Waals surface area contributed by atoms with Crippen molar-refractivity contribution in [3.8, 4) is 5.75 Å². The molecule has 86 valence electrons. The molecular weight excluding hydrogens is 294 g/mol. The van der Waals surface area contributed by atoms with Crippen molar-refractivity contribution in [3.63, 3.8) is 0 Å². The Hall–Kier alpha value is -1.01. The van der Waals surface area contributed by atoms with E-state index in [4.69, 9.17) is 4.74 Å². The number of rotatable bonds is 5. The molecule has 16 heavy (non-hydrogen) atoms. The van der Waals surface area contributed by atoms with Gasteiger partial charge in [0.25, 0.3) is 0 Å². The molecule has 0 saturated heterocycles. The van der Waals surface area contributed by atoms with Gasteiger partial charge < -0.3 is 4.74 Å². The predicted molar refractivity (Wildman–Crippen MR) is 69.3 cm³/mol. The topological polar surface area (TPSA) is 52.4 Å². The van der Waals surface area contributed by atoms with Crippen LogP contribution in [0, 0.1) is 10.1 Å². The van der Waals surface area contributed by atoms with E-state index in [1.54, 1.807) is 12.1 Å². The van der Waals surface area contributed by atoms with Crippen molar-refractivity contribution in [2.24, 2.45) is 0 Å². The fourth-order valence-corrected chi connectivity index (χ4v) is 1.57. The van der Waals surface area contributed by atoms with Gasteiger partial charge in [0.1, 0.15) is 6.61 Å². The molecular formula is C10H10BrNO3S. The van der Waals surface area contributed by atoms with E-state index in [-0.39, 0.29) is 18.0 Å². The Kier molecular flexibility index (Phi) is 4.82. The molecule has 0 N–H and O–H groups in total. The predicted octanol–water partition coefficient (Wildman–Crippen LogP) is 3.22. The zero-order chi connectivity index (χ0) is 12.1. The van der Waals surface area contributed by atoms with Crippen molar-refractivity contribution in [3.05, 3.63) is 44.9 Å². The first kappa shape index (κ1) is 13.1. The van der Waals surface area contributed by atoms with E-state index < -0.39 is 4.92 Å². The van der Waals surface area contributed by atoms with Gasteiger partial charge >= 0.3 is 5.69 Å². The maximum Gasteiger partial charge on any atom is 0.312 e. The molecule has 0 aliphatic carbocycles. The minimum atomic E-state index is -0.483. The lowest BCUT2D eigenvalue weighted by Crippen LogP contribution is -2.04. The Morgan fingerprint density at radius 3 is 2.88 bits per heavy atom. The van der Waals surface area contributed by atoms with Crippen LogP contribution >= 0.6 is 28.6 Å². The van der Waals surface area contributed by atoms with Gasteiger partial charge in [-0.3, -0.25) is 10.1 Å². The third kappa shape index (κ3) is 3.24. The lowest BCUT2D eigenvalue weighted by molar-refractivity contribution is -0.385. The molecule has 1 aromatic carbocycles. The molecule has 0 aliphatic heterocycles. The molecule has 1 aromatic rings. The summed E-state index contributed by atoms with van der Waals surface area (Å²) < 4.78 is 5.89. The van der Waals surface area contributed by atoms with Crippen LogP contribution in [-0.4, -0.2) is 17.3 Å². The largest absolute Gasteiger partial charge is 0.481 e. The van der Waals surface area contributed by atoms with E-state index in [1.165, 1.54) is 6.07 Å². The summed E-state index contributed by atoms with van der Waals surface area (Å²) in [6, 6.07) is 4.66. The number of ether oxygens (including phenoxy) is 1. The summed E-state index contributed by atoms with van der Waals surface area (Å²) >= 11 is 7.24. The second kappa shape index (κ2) is 5.91. The Morgan fingerprint density at radius 1 is 1.62 bits per heavy atom. The molecule has 0 spiro atoms. The second-order valence-electron chi connectivity index (χ2n) is 3.04. The molecule has 1 rings (SSSR count). The van der Waals surface area contributed by atoms with Crippen LogP contribution in [0.2, 0.25) is 0 Å². The van der Waals surface area contributed by atoms with Gasteiger partial charge in [-0.1, -0.05) is 12.6 Å². The molecule has 0 saturated carbocycles. The highest BCUT2D eigenvalue weighted by molar-refractivity contribution is 9.10. The maximum absolute atomic E-state index is 10.8. The van der Waals surface area contributed by atoms with Crippen LogP contribution in [-0.2, 0) is 0 Å². The van der Waals surface area contributed by atoms with Gasteiger partial charge in [-0.15, -0.1) is 0 Å². The number of nitro benzene ring substituents is 1. The van der Waals surface area contributed by atoms with Crippen molar-refractivity contribution in [1.82, 2.24) is 0 Å². The first-order valence-electron chi connectivity index (χ1n) is 4.39. The van der Waals surface area contributed by atoms with Gasteiger partial charge in [0.05, 0.1) is 9.40 Å². The number of thiol groups is 1. The summed E-state index contributed by atoms with van der Waals surface area (Å²) in [7, 11) is 0. The van der Waals surface area contributed by atoms with Crippen LogP contribution in [0.5, 0.6) is 5.75 Å². The molecule has 0 aromatic heterocycles. The third-order valence-corrected chi connectivity index (χ3v) is 2.86. The van der Waals surface area contributed by atoms with Crippen LogP contribution in [0.3, 0.4) is 0 Å². The number of hydrogen-bond donors (Lipinski definition) is 1. The quantitative estimate of drug-likeness (QED) is 0.393. The van der Waals surface area contributed by atoms with E-state index in [1.807, 2.05) is 0 Å². The molecule has 0 unspecified atom stereocenters. The van der Waals surface area contributed by atoms with Crippen molar-refractivity contribution in [2.75, 3.05) is 12.4 Å². The van der Waals surface area contributed by atoms with Gasteiger partial charge in [0.15, 0.2) is 0 Å². The Morgan fingerprint density at radius 2 is 2.31 bits per heavy atom. The molecule has 0 radical (unpaired) electrons. The molecule has 0 aliphatic rings. The van der Waals surface area contributed by atoms with Crippen molar-refractivity contribution >= 4 is 34.2 Å². The monoisotopic (exact) mass is 303 g/mol. The smallest absolute Gasteiger partial charge is 0.312 e. The zero-order valence-corrected chi connectivity index (χ0v) is 10.8. The number of benzene rings is 1. The van der Waals surface area contributed by atoms with E-state index in [9.17, 15) is 10.1 Å². The van der Waals surface area contributed by atoms with E-state index >= 15 is 0 Å². The number of halogens is 1. The SMILES string of the molecule is C=C(CS)COc1c(Br)cccc1[N+](=O)[O-]. The Balaban J connectivity index is 2.93. The number of hydrogen-bond acceptors (Lipinski definition) is 4. The molecule has 0 heterocycles. The summed E-state index contributed by atoms with van der Waals surface area (Å²) in [6.45, 7) is 3.92. The van der Waals surface area contributed by atoms with Crippen LogP contribution in [0.1, 0.15) is 0 Å². The molecule has 0 fully saturated rings. The molecule has 0 bridgehead atoms. The van der Waals surface area contributed by atoms with Crippen molar-refractivity contribution < 1.29 is 9.66 Å². The fourth-order valence-electron chi connectivity index (χ4n) is 1.00. The Bertz CT molecular complexity index is 423. The van der Waals surface area contributed by atoms with Crippen LogP contribution < -0.4 is 4.74 Å². The molecule has 0 amide bonds. The van der Waals surface area contributed by atoms with Gasteiger partial charge in [0, 0.05) is 11.8 Å². The number of nitro groups is 1.